The monoisotopic (exact) mass is 436 g/mol. The molecular formula is C21H25ClN2O2S2. The highest BCUT2D eigenvalue weighted by Gasteiger charge is 2.52. The van der Waals surface area contributed by atoms with Gasteiger partial charge in [0.25, 0.3) is 10.0 Å². The fraction of sp³-hybridized carbons (Fsp3) is 0.571. The van der Waals surface area contributed by atoms with E-state index in [-0.39, 0.29) is 10.3 Å². The highest BCUT2D eigenvalue weighted by molar-refractivity contribution is 7.93. The molecule has 0 spiro atoms. The molecule has 1 aromatic carbocycles. The SMILES string of the molecule is Cc1c(Cl)cccc1S(=O)(=O)N(C)c1nc(C23CC4CC(CC(C4)C2)C3)cs1. The maximum atomic E-state index is 13.2. The van der Waals surface area contributed by atoms with Crippen LogP contribution in [0.25, 0.3) is 0 Å². The van der Waals surface area contributed by atoms with Gasteiger partial charge in [0.1, 0.15) is 0 Å². The third kappa shape index (κ3) is 2.83. The van der Waals surface area contributed by atoms with Gasteiger partial charge in [0.2, 0.25) is 0 Å². The highest BCUT2D eigenvalue weighted by atomic mass is 35.5. The molecule has 28 heavy (non-hydrogen) atoms. The first kappa shape index (κ1) is 18.9. The number of aromatic nitrogens is 1. The number of anilines is 1. The maximum Gasteiger partial charge on any atom is 0.266 e. The summed E-state index contributed by atoms with van der Waals surface area (Å²) in [5.74, 6) is 2.52. The lowest BCUT2D eigenvalue weighted by Crippen LogP contribution is -2.48. The Balaban J connectivity index is 1.47. The van der Waals surface area contributed by atoms with Gasteiger partial charge in [-0.25, -0.2) is 17.7 Å². The van der Waals surface area contributed by atoms with E-state index in [0.717, 1.165) is 23.4 Å². The van der Waals surface area contributed by atoms with E-state index in [0.29, 0.717) is 15.7 Å². The first-order chi connectivity index (χ1) is 13.3. The number of thiazole rings is 1. The predicted molar refractivity (Wildman–Crippen MR) is 114 cm³/mol. The van der Waals surface area contributed by atoms with Gasteiger partial charge in [0.15, 0.2) is 5.13 Å². The number of sulfonamides is 1. The van der Waals surface area contributed by atoms with Crippen LogP contribution in [0.2, 0.25) is 5.02 Å². The van der Waals surface area contributed by atoms with E-state index in [1.807, 2.05) is 0 Å². The zero-order valence-corrected chi connectivity index (χ0v) is 18.6. The normalized spacial score (nSPS) is 31.3. The van der Waals surface area contributed by atoms with Crippen LogP contribution in [0.15, 0.2) is 28.5 Å². The fourth-order valence-electron chi connectivity index (χ4n) is 6.19. The van der Waals surface area contributed by atoms with Gasteiger partial charge in [-0.05, 0) is 80.9 Å². The molecule has 0 N–H and O–H groups in total. The third-order valence-corrected chi connectivity index (χ3v) is 10.5. The molecule has 0 saturated heterocycles. The Morgan fingerprint density at radius 3 is 2.36 bits per heavy atom. The summed E-state index contributed by atoms with van der Waals surface area (Å²) in [5, 5.41) is 3.12. The van der Waals surface area contributed by atoms with Crippen LogP contribution in [0.5, 0.6) is 0 Å². The summed E-state index contributed by atoms with van der Waals surface area (Å²) in [7, 11) is -2.10. The van der Waals surface area contributed by atoms with Crippen LogP contribution in [-0.4, -0.2) is 20.4 Å². The molecule has 4 saturated carbocycles. The molecule has 4 aliphatic carbocycles. The van der Waals surface area contributed by atoms with Gasteiger partial charge >= 0.3 is 0 Å². The molecule has 4 bridgehead atoms. The number of hydrogen-bond donors (Lipinski definition) is 0. The second kappa shape index (κ2) is 6.44. The van der Waals surface area contributed by atoms with Crippen LogP contribution in [-0.2, 0) is 15.4 Å². The van der Waals surface area contributed by atoms with E-state index in [2.05, 4.69) is 5.38 Å². The summed E-state index contributed by atoms with van der Waals surface area (Å²) in [6, 6.07) is 5.00. The summed E-state index contributed by atoms with van der Waals surface area (Å²) >= 11 is 7.60. The van der Waals surface area contributed by atoms with Crippen LogP contribution in [0.1, 0.15) is 49.8 Å². The molecule has 4 fully saturated rings. The van der Waals surface area contributed by atoms with Crippen molar-refractivity contribution < 1.29 is 8.42 Å². The van der Waals surface area contributed by atoms with Crippen LogP contribution < -0.4 is 4.31 Å². The molecule has 150 valence electrons. The summed E-state index contributed by atoms with van der Waals surface area (Å²) in [4.78, 5) is 5.12. The molecule has 2 aromatic rings. The smallest absolute Gasteiger partial charge is 0.244 e. The zero-order valence-electron chi connectivity index (χ0n) is 16.2. The first-order valence-electron chi connectivity index (χ1n) is 9.98. The molecule has 0 amide bonds. The molecule has 0 aliphatic heterocycles. The number of halogens is 1. The van der Waals surface area contributed by atoms with Crippen LogP contribution in [0, 0.1) is 24.7 Å². The van der Waals surface area contributed by atoms with E-state index in [9.17, 15) is 8.42 Å². The van der Waals surface area contributed by atoms with Crippen molar-refractivity contribution in [2.75, 3.05) is 11.4 Å². The van der Waals surface area contributed by atoms with E-state index < -0.39 is 10.0 Å². The van der Waals surface area contributed by atoms with Crippen molar-refractivity contribution >= 4 is 38.1 Å². The molecule has 0 unspecified atom stereocenters. The van der Waals surface area contributed by atoms with E-state index in [1.54, 1.807) is 32.2 Å². The molecule has 4 nitrogen and oxygen atoms in total. The van der Waals surface area contributed by atoms with Crippen molar-refractivity contribution in [2.24, 2.45) is 17.8 Å². The lowest BCUT2D eigenvalue weighted by molar-refractivity contribution is -0.00689. The maximum absolute atomic E-state index is 13.2. The Kier molecular flexibility index (Phi) is 4.35. The molecule has 0 atom stereocenters. The van der Waals surface area contributed by atoms with Crippen molar-refractivity contribution in [3.05, 3.63) is 39.9 Å². The summed E-state index contributed by atoms with van der Waals surface area (Å²) in [5.41, 5.74) is 1.88. The van der Waals surface area contributed by atoms with Crippen molar-refractivity contribution in [3.63, 3.8) is 0 Å². The van der Waals surface area contributed by atoms with Gasteiger partial charge in [0.05, 0.1) is 10.6 Å². The molecule has 1 heterocycles. The second-order valence-corrected chi connectivity index (χ2v) is 12.2. The Morgan fingerprint density at radius 2 is 1.75 bits per heavy atom. The lowest BCUT2D eigenvalue weighted by Gasteiger charge is -2.56. The van der Waals surface area contributed by atoms with Gasteiger partial charge in [-0.15, -0.1) is 11.3 Å². The van der Waals surface area contributed by atoms with E-state index in [4.69, 9.17) is 16.6 Å². The van der Waals surface area contributed by atoms with Crippen molar-refractivity contribution in [3.8, 4) is 0 Å². The van der Waals surface area contributed by atoms with E-state index >= 15 is 0 Å². The largest absolute Gasteiger partial charge is 0.266 e. The van der Waals surface area contributed by atoms with Gasteiger partial charge in [0, 0.05) is 22.9 Å². The Labute approximate surface area is 176 Å². The van der Waals surface area contributed by atoms with Crippen LogP contribution in [0.4, 0.5) is 5.13 Å². The quantitative estimate of drug-likeness (QED) is 0.644. The highest BCUT2D eigenvalue weighted by Crippen LogP contribution is 2.60. The standard InChI is InChI=1S/C21H25ClN2O2S2/c1-13-17(22)4-3-5-18(13)28(25,26)24(2)20-23-19(12-27-20)21-9-14-6-15(10-21)8-16(7-14)11-21/h3-5,12,14-16H,6-11H2,1-2H3. The summed E-state index contributed by atoms with van der Waals surface area (Å²) in [6.45, 7) is 1.74. The Bertz CT molecular complexity index is 995. The molecule has 4 aliphatic rings. The molecule has 7 heteroatoms. The summed E-state index contributed by atoms with van der Waals surface area (Å²) in [6.07, 6.45) is 7.85. The van der Waals surface area contributed by atoms with Gasteiger partial charge in [-0.2, -0.15) is 0 Å². The third-order valence-electron chi connectivity index (χ3n) is 7.20. The minimum atomic E-state index is -3.69. The van der Waals surface area contributed by atoms with Crippen LogP contribution >= 0.6 is 22.9 Å². The number of benzene rings is 1. The van der Waals surface area contributed by atoms with Gasteiger partial charge in [-0.1, -0.05) is 17.7 Å². The molecular weight excluding hydrogens is 412 g/mol. The van der Waals surface area contributed by atoms with Crippen molar-refractivity contribution in [1.29, 1.82) is 0 Å². The second-order valence-electron chi connectivity index (χ2n) is 9.05. The van der Waals surface area contributed by atoms with Crippen molar-refractivity contribution in [1.82, 2.24) is 4.98 Å². The molecule has 6 rings (SSSR count). The Morgan fingerprint density at radius 1 is 1.14 bits per heavy atom. The van der Waals surface area contributed by atoms with Gasteiger partial charge in [-0.3, -0.25) is 0 Å². The number of rotatable bonds is 4. The topological polar surface area (TPSA) is 50.3 Å². The lowest BCUT2D eigenvalue weighted by atomic mass is 9.49. The van der Waals surface area contributed by atoms with Crippen molar-refractivity contribution in [2.45, 2.75) is 55.8 Å². The minimum Gasteiger partial charge on any atom is -0.244 e. The minimum absolute atomic E-state index is 0.181. The summed E-state index contributed by atoms with van der Waals surface area (Å²) < 4.78 is 27.7. The van der Waals surface area contributed by atoms with E-state index in [1.165, 1.54) is 54.2 Å². The Hall–Kier alpha value is -1.11. The van der Waals surface area contributed by atoms with Gasteiger partial charge < -0.3 is 0 Å². The van der Waals surface area contributed by atoms with Crippen LogP contribution in [0.3, 0.4) is 0 Å². The zero-order chi connectivity index (χ0) is 19.7. The average molecular weight is 437 g/mol. The fourth-order valence-corrected chi connectivity index (χ4v) is 8.96. The first-order valence-corrected chi connectivity index (χ1v) is 12.7. The molecule has 1 aromatic heterocycles. The molecule has 0 radical (unpaired) electrons. The number of hydrogen-bond acceptors (Lipinski definition) is 4. The number of nitrogens with zero attached hydrogens (tertiary/aromatic N) is 2. The average Bonchev–Trinajstić information content (AvgIpc) is 3.13. The predicted octanol–water partition coefficient (Wildman–Crippen LogP) is 5.40.